The summed E-state index contributed by atoms with van der Waals surface area (Å²) in [7, 11) is 1.83. The number of para-hydroxylation sites is 1. The van der Waals surface area contributed by atoms with Crippen molar-refractivity contribution in [1.29, 1.82) is 0 Å². The molecule has 0 bridgehead atoms. The van der Waals surface area contributed by atoms with Crippen LogP contribution in [0.3, 0.4) is 0 Å². The highest BCUT2D eigenvalue weighted by Crippen LogP contribution is 2.20. The van der Waals surface area contributed by atoms with Crippen LogP contribution < -0.4 is 11.1 Å². The lowest BCUT2D eigenvalue weighted by atomic mass is 9.96. The maximum atomic E-state index is 12.7. The number of likely N-dealkylation sites (tertiary alicyclic amines) is 1. The zero-order valence-electron chi connectivity index (χ0n) is 16.6. The number of halogens is 1. The summed E-state index contributed by atoms with van der Waals surface area (Å²) in [4.78, 5) is 28.7. The molecule has 152 valence electrons. The number of urea groups is 1. The predicted octanol–water partition coefficient (Wildman–Crippen LogP) is 3.18. The number of anilines is 1. The molecule has 3 N–H and O–H groups in total. The summed E-state index contributed by atoms with van der Waals surface area (Å²) < 4.78 is 0. The van der Waals surface area contributed by atoms with Gasteiger partial charge in [0.15, 0.2) is 0 Å². The largest absolute Gasteiger partial charge is 0.345 e. The lowest BCUT2D eigenvalue weighted by Crippen LogP contribution is -2.47. The molecule has 1 aromatic carbocycles. The van der Waals surface area contributed by atoms with Gasteiger partial charge in [0.2, 0.25) is 5.91 Å². The average molecular weight is 397 g/mol. The van der Waals surface area contributed by atoms with Crippen LogP contribution in [-0.4, -0.2) is 54.5 Å². The third kappa shape index (κ3) is 7.03. The Morgan fingerprint density at radius 2 is 1.96 bits per heavy atom. The van der Waals surface area contributed by atoms with Crippen LogP contribution in [0.5, 0.6) is 0 Å². The standard InChI is InChI=1S/C20H32N4O2.ClH/c1-15(2)18(21)11-13-23(3)19(25)16-8-7-12-24(14-16)20(26)22-17-9-5-4-6-10-17;/h4-6,9-10,15-16,18H,7-8,11-14,21H2,1-3H3,(H,22,26);1H. The molecule has 1 saturated heterocycles. The summed E-state index contributed by atoms with van der Waals surface area (Å²) in [5, 5.41) is 2.90. The number of carbonyl (C=O) groups excluding carboxylic acids is 2. The van der Waals surface area contributed by atoms with Crippen LogP contribution in [0.15, 0.2) is 30.3 Å². The second kappa shape index (κ2) is 11.1. The summed E-state index contributed by atoms with van der Waals surface area (Å²) in [6, 6.07) is 9.35. The van der Waals surface area contributed by atoms with Gasteiger partial charge in [0.1, 0.15) is 0 Å². The van der Waals surface area contributed by atoms with E-state index in [4.69, 9.17) is 5.73 Å². The zero-order chi connectivity index (χ0) is 19.1. The quantitative estimate of drug-likeness (QED) is 0.775. The van der Waals surface area contributed by atoms with Crippen molar-refractivity contribution in [3.8, 4) is 0 Å². The van der Waals surface area contributed by atoms with Crippen molar-refractivity contribution >= 4 is 30.0 Å². The number of nitrogens with one attached hydrogen (secondary N) is 1. The molecule has 1 aliphatic rings. The Hall–Kier alpha value is -1.79. The fourth-order valence-corrected chi connectivity index (χ4v) is 3.19. The second-order valence-electron chi connectivity index (χ2n) is 7.54. The fraction of sp³-hybridized carbons (Fsp3) is 0.600. The van der Waals surface area contributed by atoms with E-state index < -0.39 is 0 Å². The summed E-state index contributed by atoms with van der Waals surface area (Å²) in [5.41, 5.74) is 6.85. The molecule has 0 spiro atoms. The van der Waals surface area contributed by atoms with Gasteiger partial charge >= 0.3 is 6.03 Å². The molecule has 2 atom stereocenters. The molecule has 1 fully saturated rings. The fourth-order valence-electron chi connectivity index (χ4n) is 3.19. The van der Waals surface area contributed by atoms with Gasteiger partial charge in [-0.25, -0.2) is 4.79 Å². The highest BCUT2D eigenvalue weighted by Gasteiger charge is 2.30. The molecule has 1 aliphatic heterocycles. The zero-order valence-corrected chi connectivity index (χ0v) is 17.4. The molecular weight excluding hydrogens is 364 g/mol. The van der Waals surface area contributed by atoms with Gasteiger partial charge in [-0.1, -0.05) is 32.0 Å². The van der Waals surface area contributed by atoms with E-state index in [-0.39, 0.29) is 36.3 Å². The van der Waals surface area contributed by atoms with Crippen molar-refractivity contribution in [1.82, 2.24) is 9.80 Å². The number of rotatable bonds is 6. The highest BCUT2D eigenvalue weighted by molar-refractivity contribution is 5.90. The third-order valence-corrected chi connectivity index (χ3v) is 5.11. The van der Waals surface area contributed by atoms with E-state index in [0.717, 1.165) is 24.9 Å². The smallest absolute Gasteiger partial charge is 0.321 e. The van der Waals surface area contributed by atoms with Gasteiger partial charge in [0, 0.05) is 38.4 Å². The van der Waals surface area contributed by atoms with E-state index in [1.54, 1.807) is 9.80 Å². The van der Waals surface area contributed by atoms with E-state index in [9.17, 15) is 9.59 Å². The first-order chi connectivity index (χ1) is 12.4. The van der Waals surface area contributed by atoms with E-state index >= 15 is 0 Å². The van der Waals surface area contributed by atoms with Gasteiger partial charge in [-0.3, -0.25) is 4.79 Å². The molecule has 27 heavy (non-hydrogen) atoms. The van der Waals surface area contributed by atoms with E-state index in [1.807, 2.05) is 37.4 Å². The minimum absolute atomic E-state index is 0. The summed E-state index contributed by atoms with van der Waals surface area (Å²) in [6.45, 7) is 6.00. The minimum atomic E-state index is -0.141. The average Bonchev–Trinajstić information content (AvgIpc) is 2.65. The van der Waals surface area contributed by atoms with Gasteiger partial charge in [-0.15, -0.1) is 12.4 Å². The molecular formula is C20H33ClN4O2. The molecule has 7 heteroatoms. The second-order valence-corrected chi connectivity index (χ2v) is 7.54. The molecule has 2 unspecified atom stereocenters. The van der Waals surface area contributed by atoms with Crippen molar-refractivity contribution in [2.24, 2.45) is 17.6 Å². The molecule has 2 rings (SSSR count). The van der Waals surface area contributed by atoms with E-state index in [2.05, 4.69) is 19.2 Å². The molecule has 0 aromatic heterocycles. The highest BCUT2D eigenvalue weighted by atomic mass is 35.5. The van der Waals surface area contributed by atoms with Crippen molar-refractivity contribution < 1.29 is 9.59 Å². The summed E-state index contributed by atoms with van der Waals surface area (Å²) in [5.74, 6) is 0.383. The normalized spacial score (nSPS) is 17.8. The van der Waals surface area contributed by atoms with Crippen LogP contribution in [0.25, 0.3) is 0 Å². The molecule has 6 nitrogen and oxygen atoms in total. The Bertz CT molecular complexity index is 597. The minimum Gasteiger partial charge on any atom is -0.345 e. The first-order valence-corrected chi connectivity index (χ1v) is 9.50. The lowest BCUT2D eigenvalue weighted by Gasteiger charge is -2.34. The molecule has 0 aliphatic carbocycles. The van der Waals surface area contributed by atoms with Gasteiger partial charge in [-0.05, 0) is 37.3 Å². The SMILES string of the molecule is CC(C)C(N)CCN(C)C(=O)C1CCCN(C(=O)Nc2ccccc2)C1.Cl. The van der Waals surface area contributed by atoms with Crippen molar-refractivity contribution in [3.05, 3.63) is 30.3 Å². The Kier molecular flexibility index (Phi) is 9.60. The Morgan fingerprint density at radius 1 is 1.30 bits per heavy atom. The predicted molar refractivity (Wildman–Crippen MR) is 112 cm³/mol. The van der Waals surface area contributed by atoms with Crippen molar-refractivity contribution in [2.75, 3.05) is 32.0 Å². The maximum Gasteiger partial charge on any atom is 0.321 e. The molecule has 0 radical (unpaired) electrons. The number of hydrogen-bond acceptors (Lipinski definition) is 3. The maximum absolute atomic E-state index is 12.7. The van der Waals surface area contributed by atoms with Gasteiger partial charge in [-0.2, -0.15) is 0 Å². The number of nitrogens with zero attached hydrogens (tertiary/aromatic N) is 2. The number of hydrogen-bond donors (Lipinski definition) is 2. The van der Waals surface area contributed by atoms with Crippen LogP contribution in [-0.2, 0) is 4.79 Å². The van der Waals surface area contributed by atoms with Crippen LogP contribution >= 0.6 is 12.4 Å². The molecule has 1 heterocycles. The Labute approximate surface area is 168 Å². The molecule has 1 aromatic rings. The van der Waals surface area contributed by atoms with Crippen molar-refractivity contribution in [2.45, 2.75) is 39.2 Å². The van der Waals surface area contributed by atoms with E-state index in [1.165, 1.54) is 0 Å². The number of piperidine rings is 1. The van der Waals surface area contributed by atoms with Crippen LogP contribution in [0, 0.1) is 11.8 Å². The number of benzene rings is 1. The first-order valence-electron chi connectivity index (χ1n) is 9.50. The molecule has 3 amide bonds. The Balaban J connectivity index is 0.00000364. The monoisotopic (exact) mass is 396 g/mol. The number of nitrogens with two attached hydrogens (primary N) is 1. The van der Waals surface area contributed by atoms with Crippen LogP contribution in [0.1, 0.15) is 33.1 Å². The van der Waals surface area contributed by atoms with E-state index in [0.29, 0.717) is 25.6 Å². The van der Waals surface area contributed by atoms with Gasteiger partial charge < -0.3 is 20.9 Å². The Morgan fingerprint density at radius 3 is 2.59 bits per heavy atom. The third-order valence-electron chi connectivity index (χ3n) is 5.11. The number of amides is 3. The summed E-state index contributed by atoms with van der Waals surface area (Å²) in [6.07, 6.45) is 2.47. The van der Waals surface area contributed by atoms with Crippen LogP contribution in [0.4, 0.5) is 10.5 Å². The number of carbonyl (C=O) groups is 2. The lowest BCUT2D eigenvalue weighted by molar-refractivity contribution is -0.135. The van der Waals surface area contributed by atoms with Gasteiger partial charge in [0.25, 0.3) is 0 Å². The summed E-state index contributed by atoms with van der Waals surface area (Å²) >= 11 is 0. The topological polar surface area (TPSA) is 78.7 Å². The van der Waals surface area contributed by atoms with Crippen LogP contribution in [0.2, 0.25) is 0 Å². The molecule has 0 saturated carbocycles. The van der Waals surface area contributed by atoms with Crippen molar-refractivity contribution in [3.63, 3.8) is 0 Å². The first kappa shape index (κ1) is 23.2. The van der Waals surface area contributed by atoms with Gasteiger partial charge in [0.05, 0.1) is 5.92 Å².